The van der Waals surface area contributed by atoms with Crippen molar-refractivity contribution in [3.8, 4) is 0 Å². The molecule has 3 aliphatic carbocycles. The molecule has 0 bridgehead atoms. The van der Waals surface area contributed by atoms with E-state index in [9.17, 15) is 14.4 Å². The van der Waals surface area contributed by atoms with Gasteiger partial charge in [-0.3, -0.25) is 24.4 Å². The Hall–Kier alpha value is -1.72. The second-order valence-electron chi connectivity index (χ2n) is 9.35. The van der Waals surface area contributed by atoms with Crippen LogP contribution in [0.2, 0.25) is 0 Å². The number of aliphatic imine (C=N–C) groups is 1. The molecule has 0 spiro atoms. The van der Waals surface area contributed by atoms with Gasteiger partial charge in [-0.15, -0.1) is 0 Å². The minimum Gasteiger partial charge on any atom is -0.293 e. The second-order valence-corrected chi connectivity index (χ2v) is 9.35. The Labute approximate surface area is 174 Å². The van der Waals surface area contributed by atoms with E-state index in [0.29, 0.717) is 0 Å². The van der Waals surface area contributed by atoms with Crippen LogP contribution >= 0.6 is 0 Å². The van der Waals surface area contributed by atoms with E-state index in [1.165, 1.54) is 16.2 Å². The molecule has 0 aromatic carbocycles. The van der Waals surface area contributed by atoms with Crippen LogP contribution in [0.3, 0.4) is 0 Å². The lowest BCUT2D eigenvalue weighted by molar-refractivity contribution is -0.149. The van der Waals surface area contributed by atoms with Crippen LogP contribution in [0.25, 0.3) is 0 Å². The first kappa shape index (κ1) is 20.5. The van der Waals surface area contributed by atoms with Gasteiger partial charge in [0.05, 0.1) is 0 Å². The van der Waals surface area contributed by atoms with Gasteiger partial charge >= 0.3 is 6.03 Å². The highest BCUT2D eigenvalue weighted by atomic mass is 16.2. The van der Waals surface area contributed by atoms with Crippen molar-refractivity contribution in [1.29, 1.82) is 0 Å². The molecule has 1 heterocycles. The molecule has 0 radical (unpaired) electrons. The Morgan fingerprint density at radius 2 is 1.03 bits per heavy atom. The highest BCUT2D eigenvalue weighted by Crippen LogP contribution is 2.32. The van der Waals surface area contributed by atoms with E-state index in [-0.39, 0.29) is 36.0 Å². The molecule has 160 valence electrons. The molecule has 0 aromatic rings. The molecule has 4 fully saturated rings. The number of carbonyl (C=O) groups is 3. The Bertz CT molecular complexity index is 604. The minimum absolute atomic E-state index is 0.0616. The van der Waals surface area contributed by atoms with E-state index in [4.69, 9.17) is 0 Å². The number of imide groups is 2. The first-order valence-corrected chi connectivity index (χ1v) is 11.9. The summed E-state index contributed by atoms with van der Waals surface area (Å²) in [5.74, 6) is -1.59. The third kappa shape index (κ3) is 4.41. The van der Waals surface area contributed by atoms with Crippen molar-refractivity contribution in [1.82, 2.24) is 9.80 Å². The van der Waals surface area contributed by atoms with Crippen molar-refractivity contribution in [3.63, 3.8) is 0 Å². The van der Waals surface area contributed by atoms with E-state index in [2.05, 4.69) is 4.99 Å². The topological polar surface area (TPSA) is 70.0 Å². The van der Waals surface area contributed by atoms with Crippen molar-refractivity contribution < 1.29 is 14.4 Å². The smallest absolute Gasteiger partial charge is 0.293 e. The largest absolute Gasteiger partial charge is 0.333 e. The van der Waals surface area contributed by atoms with Gasteiger partial charge in [-0.05, 0) is 38.5 Å². The summed E-state index contributed by atoms with van der Waals surface area (Å²) in [5, 5.41) is 0. The van der Waals surface area contributed by atoms with Crippen molar-refractivity contribution in [2.75, 3.05) is 0 Å². The maximum absolute atomic E-state index is 13.4. The van der Waals surface area contributed by atoms with Crippen LogP contribution in [-0.2, 0) is 9.59 Å². The lowest BCUT2D eigenvalue weighted by Crippen LogP contribution is -2.65. The molecule has 4 rings (SSSR count). The van der Waals surface area contributed by atoms with Gasteiger partial charge in [0.15, 0.2) is 5.92 Å². The lowest BCUT2D eigenvalue weighted by atomic mass is 9.89. The molecule has 1 saturated heterocycles. The van der Waals surface area contributed by atoms with Gasteiger partial charge in [0, 0.05) is 24.3 Å². The summed E-state index contributed by atoms with van der Waals surface area (Å²) in [7, 11) is 0. The summed E-state index contributed by atoms with van der Waals surface area (Å²) in [5.41, 5.74) is 0. The van der Waals surface area contributed by atoms with Gasteiger partial charge in [0.25, 0.3) is 0 Å². The van der Waals surface area contributed by atoms with Crippen molar-refractivity contribution in [3.05, 3.63) is 0 Å². The van der Waals surface area contributed by atoms with Gasteiger partial charge in [-0.25, -0.2) is 4.79 Å². The molecular formula is C23H35N3O3. The number of hydrogen-bond donors (Lipinski definition) is 0. The van der Waals surface area contributed by atoms with Gasteiger partial charge in [0.2, 0.25) is 11.8 Å². The second kappa shape index (κ2) is 9.40. The standard InChI is InChI=1S/C23H35N3O3/c27-21-20(16-24-17-10-4-1-5-11-17)22(28)26(19-14-8-3-9-15-19)23(29)25(21)18-12-6-2-7-13-18/h16-20H,1-15H2. The molecule has 4 amide bonds. The van der Waals surface area contributed by atoms with Crippen LogP contribution in [0.15, 0.2) is 4.99 Å². The minimum atomic E-state index is -0.918. The molecular weight excluding hydrogens is 366 g/mol. The van der Waals surface area contributed by atoms with Crippen molar-refractivity contribution in [2.45, 2.75) is 114 Å². The zero-order chi connectivity index (χ0) is 20.2. The predicted octanol–water partition coefficient (Wildman–Crippen LogP) is 4.46. The lowest BCUT2D eigenvalue weighted by Gasteiger charge is -2.44. The molecule has 6 heteroatoms. The SMILES string of the molecule is O=C1C(C=NC2CCCCC2)C(=O)N(C2CCCCC2)C(=O)N1C1CCCCC1. The fraction of sp³-hybridized carbons (Fsp3) is 0.826. The van der Waals surface area contributed by atoms with Crippen LogP contribution in [0.5, 0.6) is 0 Å². The molecule has 0 atom stereocenters. The molecule has 6 nitrogen and oxygen atoms in total. The monoisotopic (exact) mass is 401 g/mol. The number of rotatable bonds is 4. The zero-order valence-electron chi connectivity index (χ0n) is 17.6. The van der Waals surface area contributed by atoms with Crippen molar-refractivity contribution in [2.24, 2.45) is 10.9 Å². The summed E-state index contributed by atoms with van der Waals surface area (Å²) >= 11 is 0. The normalized spacial score (nSPS) is 27.4. The van der Waals surface area contributed by atoms with Gasteiger partial charge in [0.1, 0.15) is 0 Å². The number of urea groups is 1. The molecule has 1 aliphatic heterocycles. The average Bonchev–Trinajstić information content (AvgIpc) is 2.76. The Morgan fingerprint density at radius 1 is 0.621 bits per heavy atom. The number of hydrogen-bond acceptors (Lipinski definition) is 4. The molecule has 0 aromatic heterocycles. The third-order valence-electron chi connectivity index (χ3n) is 7.32. The molecule has 0 N–H and O–H groups in total. The maximum Gasteiger partial charge on any atom is 0.333 e. The first-order valence-electron chi connectivity index (χ1n) is 11.9. The summed E-state index contributed by atoms with van der Waals surface area (Å²) in [4.78, 5) is 47.6. The summed E-state index contributed by atoms with van der Waals surface area (Å²) in [6, 6.07) is -0.267. The van der Waals surface area contributed by atoms with Crippen LogP contribution in [-0.4, -0.2) is 52.0 Å². The van der Waals surface area contributed by atoms with E-state index >= 15 is 0 Å². The van der Waals surface area contributed by atoms with Crippen LogP contribution in [0.4, 0.5) is 4.79 Å². The maximum atomic E-state index is 13.4. The first-order chi connectivity index (χ1) is 14.2. The summed E-state index contributed by atoms with van der Waals surface area (Å²) < 4.78 is 0. The van der Waals surface area contributed by atoms with Gasteiger partial charge < -0.3 is 0 Å². The Kier molecular flexibility index (Phi) is 6.66. The molecule has 0 unspecified atom stereocenters. The van der Waals surface area contributed by atoms with E-state index < -0.39 is 5.92 Å². The van der Waals surface area contributed by atoms with E-state index in [0.717, 1.165) is 89.9 Å². The molecule has 4 aliphatic rings. The summed E-state index contributed by atoms with van der Waals surface area (Å²) in [6.07, 6.45) is 17.1. The van der Waals surface area contributed by atoms with Crippen molar-refractivity contribution >= 4 is 24.1 Å². The highest BCUT2D eigenvalue weighted by molar-refractivity contribution is 6.23. The van der Waals surface area contributed by atoms with E-state index in [1.54, 1.807) is 6.21 Å². The van der Waals surface area contributed by atoms with Gasteiger partial charge in [-0.1, -0.05) is 57.8 Å². The summed E-state index contributed by atoms with van der Waals surface area (Å²) in [6.45, 7) is 0. The average molecular weight is 402 g/mol. The third-order valence-corrected chi connectivity index (χ3v) is 7.32. The Balaban J connectivity index is 1.59. The van der Waals surface area contributed by atoms with E-state index in [1.807, 2.05) is 0 Å². The number of barbiturate groups is 1. The molecule has 29 heavy (non-hydrogen) atoms. The molecule has 3 saturated carbocycles. The fourth-order valence-corrected chi connectivity index (χ4v) is 5.63. The van der Waals surface area contributed by atoms with Crippen LogP contribution in [0, 0.1) is 5.92 Å². The number of carbonyl (C=O) groups excluding carboxylic acids is 3. The fourth-order valence-electron chi connectivity index (χ4n) is 5.63. The number of amides is 4. The zero-order valence-corrected chi connectivity index (χ0v) is 17.6. The Morgan fingerprint density at radius 3 is 1.48 bits per heavy atom. The number of nitrogens with zero attached hydrogens (tertiary/aromatic N) is 3. The highest BCUT2D eigenvalue weighted by Gasteiger charge is 2.50. The van der Waals surface area contributed by atoms with Gasteiger partial charge in [-0.2, -0.15) is 0 Å². The quantitative estimate of drug-likeness (QED) is 0.516. The predicted molar refractivity (Wildman–Crippen MR) is 112 cm³/mol. The van der Waals surface area contributed by atoms with Crippen LogP contribution < -0.4 is 0 Å². The van der Waals surface area contributed by atoms with Crippen LogP contribution in [0.1, 0.15) is 96.3 Å².